The van der Waals surface area contributed by atoms with E-state index in [1.165, 1.54) is 18.7 Å². The smallest absolute Gasteiger partial charge is 0.260 e. The van der Waals surface area contributed by atoms with Gasteiger partial charge in [0.1, 0.15) is 17.6 Å². The second kappa shape index (κ2) is 7.15. The topological polar surface area (TPSA) is 90.6 Å². The molecular formula is C21H19FN6O2. The SMILES string of the molecule is [2H]c1nc(N)c2c([2H])c1-c1c(nn(C)c1[N+]#[C-])CN(C([2H])([2H])[2H])C(=O)c1ccc(F)cc1[C@@H](C)O2. The zero-order valence-electron chi connectivity index (χ0n) is 21.0. The summed E-state index contributed by atoms with van der Waals surface area (Å²) in [5.74, 6) is -2.23. The summed E-state index contributed by atoms with van der Waals surface area (Å²) in [6.07, 6.45) is -1.52. The lowest BCUT2D eigenvalue weighted by molar-refractivity contribution is 0.0778. The molecule has 0 radical (unpaired) electrons. The fraction of sp³-hybridized carbons (Fsp3) is 0.238. The predicted octanol–water partition coefficient (Wildman–Crippen LogP) is 3.48. The van der Waals surface area contributed by atoms with E-state index in [1.807, 2.05) is 0 Å². The number of rotatable bonds is 0. The molecule has 8 nitrogen and oxygen atoms in total. The normalized spacial score (nSPS) is 18.7. The van der Waals surface area contributed by atoms with Gasteiger partial charge in [0.15, 0.2) is 11.6 Å². The van der Waals surface area contributed by atoms with Crippen molar-refractivity contribution in [2.75, 3.05) is 12.7 Å². The Hall–Kier alpha value is -3.93. The molecule has 3 heterocycles. The minimum Gasteiger partial charge on any atom is -0.482 e. The number of nitrogens with two attached hydrogens (primary N) is 1. The van der Waals surface area contributed by atoms with Crippen molar-refractivity contribution in [3.05, 3.63) is 64.5 Å². The van der Waals surface area contributed by atoms with Crippen molar-refractivity contribution in [3.63, 3.8) is 0 Å². The number of carbonyl (C=O) groups excluding carboxylic acids is 1. The van der Waals surface area contributed by atoms with Crippen LogP contribution in [0.15, 0.2) is 30.4 Å². The number of fused-ring (bicyclic) bond motifs is 5. The molecule has 152 valence electrons. The van der Waals surface area contributed by atoms with Crippen LogP contribution >= 0.6 is 0 Å². The summed E-state index contributed by atoms with van der Waals surface area (Å²) in [4.78, 5) is 21.5. The van der Waals surface area contributed by atoms with E-state index in [9.17, 15) is 9.18 Å². The van der Waals surface area contributed by atoms with Crippen molar-refractivity contribution >= 4 is 17.5 Å². The molecule has 1 aromatic carbocycles. The Morgan fingerprint density at radius 1 is 1.50 bits per heavy atom. The largest absolute Gasteiger partial charge is 0.482 e. The van der Waals surface area contributed by atoms with Gasteiger partial charge in [0.2, 0.25) is 0 Å². The number of anilines is 1. The van der Waals surface area contributed by atoms with Crippen LogP contribution in [0.4, 0.5) is 16.0 Å². The third kappa shape index (κ3) is 3.12. The highest BCUT2D eigenvalue weighted by molar-refractivity contribution is 5.96. The maximum absolute atomic E-state index is 14.2. The molecule has 0 fully saturated rings. The van der Waals surface area contributed by atoms with Gasteiger partial charge in [0.05, 0.1) is 16.3 Å². The lowest BCUT2D eigenvalue weighted by atomic mass is 10.0. The van der Waals surface area contributed by atoms with E-state index in [0.29, 0.717) is 4.90 Å². The summed E-state index contributed by atoms with van der Waals surface area (Å²) in [5.41, 5.74) is 5.62. The lowest BCUT2D eigenvalue weighted by Gasteiger charge is -2.23. The first-order chi connectivity index (χ1) is 16.3. The Balaban J connectivity index is 2.12. The molecular weight excluding hydrogens is 387 g/mol. The molecule has 1 amide bonds. The number of carbonyl (C=O) groups is 1. The average molecular weight is 411 g/mol. The van der Waals surface area contributed by atoms with Crippen LogP contribution in [-0.4, -0.2) is 32.5 Å². The standard InChI is InChI=1S/C21H19FN6O2/c1-11-15-8-13(22)5-6-14(15)21(29)27(3)10-16-18(20(24-2)28(4)26-16)12-7-17(30-11)19(23)25-9-12/h5-9,11H,10H2,1,3-4H3,(H2,23,25)/t11-/m1/s1/i3D3,7D,9D. The number of halogens is 1. The van der Waals surface area contributed by atoms with Crippen LogP contribution in [0.25, 0.3) is 16.0 Å². The molecule has 30 heavy (non-hydrogen) atoms. The quantitative estimate of drug-likeness (QED) is 0.572. The number of amides is 1. The van der Waals surface area contributed by atoms with Gasteiger partial charge in [-0.15, -0.1) is 5.10 Å². The minimum atomic E-state index is -2.94. The fourth-order valence-corrected chi connectivity index (χ4v) is 3.32. The first kappa shape index (κ1) is 14.1. The van der Waals surface area contributed by atoms with Crippen LogP contribution in [0.2, 0.25) is 0 Å². The van der Waals surface area contributed by atoms with Crippen LogP contribution in [0.3, 0.4) is 0 Å². The minimum absolute atomic E-state index is 0.0237. The van der Waals surface area contributed by atoms with Gasteiger partial charge in [0, 0.05) is 34.0 Å². The van der Waals surface area contributed by atoms with Gasteiger partial charge in [-0.2, -0.15) is 0 Å². The number of ether oxygens (including phenoxy) is 1. The highest BCUT2D eigenvalue weighted by atomic mass is 19.1. The molecule has 0 spiro atoms. The van der Waals surface area contributed by atoms with Gasteiger partial charge in [-0.25, -0.2) is 14.1 Å². The van der Waals surface area contributed by atoms with Crippen molar-refractivity contribution in [1.82, 2.24) is 19.7 Å². The number of nitrogens with zero attached hydrogens (tertiary/aromatic N) is 5. The van der Waals surface area contributed by atoms with Crippen LogP contribution < -0.4 is 10.5 Å². The second-order valence-corrected chi connectivity index (χ2v) is 6.70. The molecule has 4 rings (SSSR count). The Morgan fingerprint density at radius 3 is 3.03 bits per heavy atom. The molecule has 2 N–H and O–H groups in total. The summed E-state index contributed by atoms with van der Waals surface area (Å²) in [7, 11) is 1.44. The van der Waals surface area contributed by atoms with Crippen LogP contribution in [0.5, 0.6) is 5.75 Å². The lowest BCUT2D eigenvalue weighted by Crippen LogP contribution is -2.28. The van der Waals surface area contributed by atoms with Crippen molar-refractivity contribution < 1.29 is 20.8 Å². The highest BCUT2D eigenvalue weighted by Gasteiger charge is 2.27. The number of hydrogen-bond acceptors (Lipinski definition) is 5. The number of aromatic nitrogens is 3. The van der Waals surface area contributed by atoms with Crippen LogP contribution in [0.1, 0.15) is 41.5 Å². The predicted molar refractivity (Wildman–Crippen MR) is 108 cm³/mol. The van der Waals surface area contributed by atoms with Gasteiger partial charge in [-0.3, -0.25) is 4.79 Å². The molecule has 9 heteroatoms. The van der Waals surface area contributed by atoms with E-state index >= 15 is 0 Å². The summed E-state index contributed by atoms with van der Waals surface area (Å²) in [5, 5.41) is 4.22. The van der Waals surface area contributed by atoms with Gasteiger partial charge in [0.25, 0.3) is 11.7 Å². The van der Waals surface area contributed by atoms with Gasteiger partial charge < -0.3 is 20.2 Å². The molecule has 0 saturated carbocycles. The van der Waals surface area contributed by atoms with Crippen molar-refractivity contribution in [2.24, 2.45) is 7.05 Å². The third-order valence-electron chi connectivity index (χ3n) is 4.73. The van der Waals surface area contributed by atoms with E-state index in [2.05, 4.69) is 14.9 Å². The maximum atomic E-state index is 14.2. The average Bonchev–Trinajstić information content (AvgIpc) is 3.07. The Bertz CT molecular complexity index is 1410. The van der Waals surface area contributed by atoms with Crippen molar-refractivity contribution in [2.45, 2.75) is 19.6 Å². The second-order valence-electron chi connectivity index (χ2n) is 6.70. The van der Waals surface area contributed by atoms with Crippen molar-refractivity contribution in [3.8, 4) is 16.9 Å². The molecule has 0 aliphatic carbocycles. The summed E-state index contributed by atoms with van der Waals surface area (Å²) in [6, 6.07) is 2.84. The van der Waals surface area contributed by atoms with Crippen LogP contribution in [-0.2, 0) is 13.6 Å². The molecule has 1 atom stereocenters. The third-order valence-corrected chi connectivity index (χ3v) is 4.73. The molecule has 1 aliphatic rings. The van der Waals surface area contributed by atoms with E-state index in [4.69, 9.17) is 23.9 Å². The number of nitrogen functional groups attached to an aromatic ring is 1. The van der Waals surface area contributed by atoms with Gasteiger partial charge in [-0.05, 0) is 36.7 Å². The van der Waals surface area contributed by atoms with E-state index < -0.39 is 37.5 Å². The van der Waals surface area contributed by atoms with Gasteiger partial charge in [-0.1, -0.05) is 6.57 Å². The number of hydrogen-bond donors (Lipinski definition) is 1. The van der Waals surface area contributed by atoms with E-state index in [0.717, 1.165) is 18.2 Å². The monoisotopic (exact) mass is 411 g/mol. The number of pyridine rings is 1. The summed E-state index contributed by atoms with van der Waals surface area (Å²) < 4.78 is 62.2. The molecule has 3 aromatic rings. The maximum Gasteiger partial charge on any atom is 0.260 e. The van der Waals surface area contributed by atoms with E-state index in [-0.39, 0.29) is 51.4 Å². The Labute approximate surface area is 179 Å². The highest BCUT2D eigenvalue weighted by Crippen LogP contribution is 2.38. The number of benzene rings is 1. The molecule has 1 aliphatic heterocycles. The zero-order valence-corrected chi connectivity index (χ0v) is 16.0. The molecule has 2 aromatic heterocycles. The first-order valence-corrected chi connectivity index (χ1v) is 8.83. The van der Waals surface area contributed by atoms with Crippen LogP contribution in [0, 0.1) is 12.4 Å². The molecule has 0 unspecified atom stereocenters. The van der Waals surface area contributed by atoms with E-state index in [1.54, 1.807) is 0 Å². The Kier molecular flexibility index (Phi) is 3.36. The fourth-order valence-electron chi connectivity index (χ4n) is 3.32. The summed E-state index contributed by atoms with van der Waals surface area (Å²) in [6.45, 7) is 5.54. The van der Waals surface area contributed by atoms with Crippen molar-refractivity contribution in [1.29, 1.82) is 0 Å². The van der Waals surface area contributed by atoms with Gasteiger partial charge >= 0.3 is 0 Å². The molecule has 0 saturated heterocycles. The molecule has 2 bridgehead atoms. The first-order valence-electron chi connectivity index (χ1n) is 11.3. The number of aryl methyl sites for hydroxylation is 1. The Morgan fingerprint density at radius 2 is 2.30 bits per heavy atom. The zero-order chi connectivity index (χ0) is 25.8. The summed E-state index contributed by atoms with van der Waals surface area (Å²) >= 11 is 0.